The zero-order valence-electron chi connectivity index (χ0n) is 16.5. The molecule has 0 unspecified atom stereocenters. The summed E-state index contributed by atoms with van der Waals surface area (Å²) in [5.74, 6) is -0.461. The number of nitrogens with one attached hydrogen (secondary N) is 1. The van der Waals surface area contributed by atoms with E-state index in [4.69, 9.17) is 4.74 Å². The third kappa shape index (κ3) is 4.39. The molecule has 30 heavy (non-hydrogen) atoms. The first-order chi connectivity index (χ1) is 14.7. The molecule has 1 aliphatic rings. The number of tetrazole rings is 1. The molecule has 0 saturated carbocycles. The van der Waals surface area contributed by atoms with Gasteiger partial charge < -0.3 is 10.1 Å². The second kappa shape index (κ2) is 9.40. The van der Waals surface area contributed by atoms with E-state index in [-0.39, 0.29) is 17.6 Å². The number of aryl methyl sites for hydroxylation is 1. The Balaban J connectivity index is 1.47. The van der Waals surface area contributed by atoms with Crippen LogP contribution in [0.25, 0.3) is 5.69 Å². The number of anilines is 1. The van der Waals surface area contributed by atoms with Crippen molar-refractivity contribution in [3.8, 4) is 5.69 Å². The molecule has 4 rings (SSSR count). The Morgan fingerprint density at radius 3 is 2.83 bits per heavy atom. The van der Waals surface area contributed by atoms with E-state index in [2.05, 4.69) is 20.8 Å². The Morgan fingerprint density at radius 2 is 2.03 bits per heavy atom. The molecule has 0 spiro atoms. The van der Waals surface area contributed by atoms with E-state index < -0.39 is 0 Å². The predicted molar refractivity (Wildman–Crippen MR) is 115 cm³/mol. The van der Waals surface area contributed by atoms with Gasteiger partial charge in [0, 0.05) is 4.88 Å². The van der Waals surface area contributed by atoms with Crippen LogP contribution in [0.3, 0.4) is 0 Å². The number of hydrogen-bond acceptors (Lipinski definition) is 8. The summed E-state index contributed by atoms with van der Waals surface area (Å²) in [4.78, 5) is 26.3. The zero-order chi connectivity index (χ0) is 20.9. The van der Waals surface area contributed by atoms with E-state index in [1.807, 2.05) is 30.3 Å². The molecule has 8 nitrogen and oxygen atoms in total. The molecule has 3 aromatic rings. The van der Waals surface area contributed by atoms with Crippen molar-refractivity contribution in [1.82, 2.24) is 20.2 Å². The SMILES string of the molecule is CCOC(=O)c1c(NC(=O)CSc2nnnn2-c2ccccc2)sc2c1CCCC2. The van der Waals surface area contributed by atoms with Crippen LogP contribution in [-0.2, 0) is 22.4 Å². The molecule has 2 aromatic heterocycles. The number of esters is 1. The maximum absolute atomic E-state index is 12.6. The molecule has 0 saturated heterocycles. The highest BCUT2D eigenvalue weighted by atomic mass is 32.2. The van der Waals surface area contributed by atoms with Crippen molar-refractivity contribution in [2.45, 2.75) is 37.8 Å². The van der Waals surface area contributed by atoms with Gasteiger partial charge in [0.25, 0.3) is 0 Å². The molecule has 0 atom stereocenters. The number of benzene rings is 1. The van der Waals surface area contributed by atoms with Crippen LogP contribution in [0.15, 0.2) is 35.5 Å². The zero-order valence-corrected chi connectivity index (χ0v) is 18.1. The van der Waals surface area contributed by atoms with E-state index in [1.54, 1.807) is 11.6 Å². The third-order valence-electron chi connectivity index (χ3n) is 4.68. The first-order valence-electron chi connectivity index (χ1n) is 9.75. The number of thiophene rings is 1. The molecule has 1 N–H and O–H groups in total. The highest BCUT2D eigenvalue weighted by molar-refractivity contribution is 7.99. The predicted octanol–water partition coefficient (Wildman–Crippen LogP) is 3.51. The standard InChI is InChI=1S/C20H21N5O3S2/c1-2-28-19(27)17-14-10-6-7-11-15(14)30-18(17)21-16(26)12-29-20-22-23-24-25(20)13-8-4-3-5-9-13/h3-5,8-9H,2,6-7,10-12H2,1H3,(H,21,26). The molecule has 0 fully saturated rings. The van der Waals surface area contributed by atoms with Gasteiger partial charge in [-0.15, -0.1) is 16.4 Å². The van der Waals surface area contributed by atoms with Crippen molar-refractivity contribution < 1.29 is 14.3 Å². The third-order valence-corrected chi connectivity index (χ3v) is 6.80. The molecular weight excluding hydrogens is 422 g/mol. The molecule has 0 aliphatic heterocycles. The number of carbonyl (C=O) groups excluding carboxylic acids is 2. The number of hydrogen-bond donors (Lipinski definition) is 1. The Bertz CT molecular complexity index is 1050. The van der Waals surface area contributed by atoms with Crippen molar-refractivity contribution in [1.29, 1.82) is 0 Å². The van der Waals surface area contributed by atoms with Crippen molar-refractivity contribution in [2.24, 2.45) is 0 Å². The van der Waals surface area contributed by atoms with Gasteiger partial charge in [-0.3, -0.25) is 4.79 Å². The second-order valence-electron chi connectivity index (χ2n) is 6.68. The second-order valence-corrected chi connectivity index (χ2v) is 8.73. The van der Waals surface area contributed by atoms with Crippen molar-refractivity contribution >= 4 is 40.0 Å². The monoisotopic (exact) mass is 443 g/mol. The van der Waals surface area contributed by atoms with Crippen LogP contribution in [0.2, 0.25) is 0 Å². The minimum Gasteiger partial charge on any atom is -0.462 e. The molecule has 1 aromatic carbocycles. The number of ether oxygens (including phenoxy) is 1. The number of nitrogens with zero attached hydrogens (tertiary/aromatic N) is 4. The van der Waals surface area contributed by atoms with Gasteiger partial charge in [-0.2, -0.15) is 4.68 Å². The summed E-state index contributed by atoms with van der Waals surface area (Å²) < 4.78 is 6.83. The number of fused-ring (bicyclic) bond motifs is 1. The number of para-hydroxylation sites is 1. The lowest BCUT2D eigenvalue weighted by Crippen LogP contribution is -2.17. The number of carbonyl (C=O) groups is 2. The fourth-order valence-electron chi connectivity index (χ4n) is 3.37. The van der Waals surface area contributed by atoms with Gasteiger partial charge in [0.1, 0.15) is 5.00 Å². The van der Waals surface area contributed by atoms with Gasteiger partial charge in [-0.05, 0) is 60.7 Å². The van der Waals surface area contributed by atoms with E-state index in [0.29, 0.717) is 22.3 Å². The summed E-state index contributed by atoms with van der Waals surface area (Å²) in [5.41, 5.74) is 2.37. The van der Waals surface area contributed by atoms with Crippen LogP contribution in [0, 0.1) is 0 Å². The fourth-order valence-corrected chi connectivity index (χ4v) is 5.35. The van der Waals surface area contributed by atoms with Crippen LogP contribution in [0.4, 0.5) is 5.00 Å². The molecule has 2 heterocycles. The summed E-state index contributed by atoms with van der Waals surface area (Å²) in [5, 5.41) is 15.7. The Morgan fingerprint density at radius 1 is 1.23 bits per heavy atom. The number of thioether (sulfide) groups is 1. The van der Waals surface area contributed by atoms with Gasteiger partial charge >= 0.3 is 5.97 Å². The summed E-state index contributed by atoms with van der Waals surface area (Å²) >= 11 is 2.72. The van der Waals surface area contributed by atoms with Crippen molar-refractivity contribution in [3.05, 3.63) is 46.3 Å². The normalized spacial score (nSPS) is 13.0. The number of rotatable bonds is 7. The Hall–Kier alpha value is -2.72. The van der Waals surface area contributed by atoms with E-state index in [9.17, 15) is 9.59 Å². The van der Waals surface area contributed by atoms with Gasteiger partial charge in [-0.25, -0.2) is 4.79 Å². The first-order valence-corrected chi connectivity index (χ1v) is 11.6. The minimum absolute atomic E-state index is 0.123. The summed E-state index contributed by atoms with van der Waals surface area (Å²) in [7, 11) is 0. The van der Waals surface area contributed by atoms with E-state index in [0.717, 1.165) is 36.9 Å². The van der Waals surface area contributed by atoms with Gasteiger partial charge in [0.05, 0.1) is 23.6 Å². The minimum atomic E-state index is -0.368. The van der Waals surface area contributed by atoms with E-state index in [1.165, 1.54) is 28.0 Å². The summed E-state index contributed by atoms with van der Waals surface area (Å²) in [6.07, 6.45) is 3.92. The maximum Gasteiger partial charge on any atom is 0.341 e. The van der Waals surface area contributed by atoms with Gasteiger partial charge in [-0.1, -0.05) is 30.0 Å². The summed E-state index contributed by atoms with van der Waals surface area (Å²) in [6, 6.07) is 9.49. The molecular formula is C20H21N5O3S2. The lowest BCUT2D eigenvalue weighted by Gasteiger charge is -2.12. The number of amides is 1. The Kier molecular flexibility index (Phi) is 6.44. The molecule has 156 valence electrons. The van der Waals surface area contributed by atoms with Gasteiger partial charge in [0.15, 0.2) is 0 Å². The molecule has 0 bridgehead atoms. The quantitative estimate of drug-likeness (QED) is 0.441. The average Bonchev–Trinajstić information content (AvgIpc) is 3.37. The molecule has 10 heteroatoms. The Labute approximate surface area is 182 Å². The lowest BCUT2D eigenvalue weighted by atomic mass is 9.95. The highest BCUT2D eigenvalue weighted by Gasteiger charge is 2.27. The smallest absolute Gasteiger partial charge is 0.341 e. The lowest BCUT2D eigenvalue weighted by molar-refractivity contribution is -0.113. The molecule has 1 amide bonds. The van der Waals surface area contributed by atoms with Crippen LogP contribution in [-0.4, -0.2) is 44.4 Å². The van der Waals surface area contributed by atoms with Crippen molar-refractivity contribution in [2.75, 3.05) is 17.7 Å². The summed E-state index contributed by atoms with van der Waals surface area (Å²) in [6.45, 7) is 2.08. The van der Waals surface area contributed by atoms with Crippen LogP contribution >= 0.6 is 23.1 Å². The largest absolute Gasteiger partial charge is 0.462 e. The topological polar surface area (TPSA) is 99.0 Å². The molecule has 0 radical (unpaired) electrons. The van der Waals surface area contributed by atoms with E-state index >= 15 is 0 Å². The van der Waals surface area contributed by atoms with Gasteiger partial charge in [0.2, 0.25) is 11.1 Å². The van der Waals surface area contributed by atoms with Crippen LogP contribution in [0.1, 0.15) is 40.6 Å². The van der Waals surface area contributed by atoms with Crippen LogP contribution in [0.5, 0.6) is 0 Å². The maximum atomic E-state index is 12.6. The number of aromatic nitrogens is 4. The molecule has 1 aliphatic carbocycles. The highest BCUT2D eigenvalue weighted by Crippen LogP contribution is 2.38. The fraction of sp³-hybridized carbons (Fsp3) is 0.350. The van der Waals surface area contributed by atoms with Crippen molar-refractivity contribution in [3.63, 3.8) is 0 Å². The average molecular weight is 444 g/mol. The van der Waals surface area contributed by atoms with Crippen LogP contribution < -0.4 is 5.32 Å². The first kappa shape index (κ1) is 20.5.